The zero-order valence-electron chi connectivity index (χ0n) is 11.5. The van der Waals surface area contributed by atoms with Gasteiger partial charge in [-0.1, -0.05) is 17.7 Å². The summed E-state index contributed by atoms with van der Waals surface area (Å²) < 4.78 is 5.50. The highest BCUT2D eigenvalue weighted by molar-refractivity contribution is 5.26. The van der Waals surface area contributed by atoms with Gasteiger partial charge in [0.1, 0.15) is 18.5 Å². The number of ether oxygens (including phenoxy) is 1. The van der Waals surface area contributed by atoms with Gasteiger partial charge in [-0.3, -0.25) is 0 Å². The number of aliphatic hydroxyl groups excluding tert-OH is 1. The lowest BCUT2D eigenvalue weighted by Crippen LogP contribution is -2.35. The highest BCUT2D eigenvalue weighted by Crippen LogP contribution is 2.11. The van der Waals surface area contributed by atoms with Crippen LogP contribution in [0.4, 0.5) is 0 Å². The Morgan fingerprint density at radius 1 is 1.28 bits per heavy atom. The number of nitrogens with one attached hydrogen (secondary N) is 1. The van der Waals surface area contributed by atoms with Gasteiger partial charge in [0.15, 0.2) is 0 Å². The normalized spacial score (nSPS) is 12.7. The second kappa shape index (κ2) is 8.08. The smallest absolute Gasteiger partial charge is 0.119 e. The molecule has 0 aliphatic heterocycles. The summed E-state index contributed by atoms with van der Waals surface area (Å²) >= 11 is 0. The standard InChI is InChI=1S/C14H24N2O2/c1-12-4-6-14(7-5-12)18-11-13(17)10-15-8-9-16(2)3/h4-7,13,15,17H,8-11H2,1-3H3. The van der Waals surface area contributed by atoms with E-state index >= 15 is 0 Å². The molecule has 4 nitrogen and oxygen atoms in total. The summed E-state index contributed by atoms with van der Waals surface area (Å²) in [6.07, 6.45) is -0.478. The van der Waals surface area contributed by atoms with Crippen LogP contribution in [0.3, 0.4) is 0 Å². The summed E-state index contributed by atoms with van der Waals surface area (Å²) in [5, 5.41) is 12.9. The maximum Gasteiger partial charge on any atom is 0.119 e. The lowest BCUT2D eigenvalue weighted by Gasteiger charge is -2.15. The van der Waals surface area contributed by atoms with E-state index in [-0.39, 0.29) is 0 Å². The van der Waals surface area contributed by atoms with Gasteiger partial charge in [-0.25, -0.2) is 0 Å². The number of hydrogen-bond donors (Lipinski definition) is 2. The second-order valence-electron chi connectivity index (χ2n) is 4.79. The number of aliphatic hydroxyl groups is 1. The molecule has 0 aliphatic rings. The quantitative estimate of drug-likeness (QED) is 0.674. The molecule has 0 bridgehead atoms. The molecular formula is C14H24N2O2. The number of likely N-dealkylation sites (N-methyl/N-ethyl adjacent to an activating group) is 1. The van der Waals surface area contributed by atoms with Crippen molar-refractivity contribution < 1.29 is 9.84 Å². The van der Waals surface area contributed by atoms with E-state index in [4.69, 9.17) is 4.74 Å². The first-order valence-electron chi connectivity index (χ1n) is 6.31. The molecule has 1 atom stereocenters. The molecule has 2 N–H and O–H groups in total. The zero-order chi connectivity index (χ0) is 13.4. The molecule has 0 heterocycles. The second-order valence-corrected chi connectivity index (χ2v) is 4.79. The Bertz CT molecular complexity index is 325. The van der Waals surface area contributed by atoms with Crippen molar-refractivity contribution in [3.05, 3.63) is 29.8 Å². The first-order valence-corrected chi connectivity index (χ1v) is 6.31. The fourth-order valence-electron chi connectivity index (χ4n) is 1.46. The Balaban J connectivity index is 2.13. The first-order chi connectivity index (χ1) is 8.58. The van der Waals surface area contributed by atoms with Crippen molar-refractivity contribution in [1.82, 2.24) is 10.2 Å². The van der Waals surface area contributed by atoms with Crippen LogP contribution in [0.2, 0.25) is 0 Å². The predicted octanol–water partition coefficient (Wildman–Crippen LogP) is 0.886. The van der Waals surface area contributed by atoms with Gasteiger partial charge in [-0.15, -0.1) is 0 Å². The van der Waals surface area contributed by atoms with E-state index < -0.39 is 6.10 Å². The van der Waals surface area contributed by atoms with Crippen molar-refractivity contribution in [1.29, 1.82) is 0 Å². The van der Waals surface area contributed by atoms with Crippen LogP contribution in [-0.2, 0) is 0 Å². The molecule has 1 aromatic rings. The fourth-order valence-corrected chi connectivity index (χ4v) is 1.46. The predicted molar refractivity (Wildman–Crippen MR) is 74.1 cm³/mol. The highest BCUT2D eigenvalue weighted by atomic mass is 16.5. The van der Waals surface area contributed by atoms with Crippen molar-refractivity contribution in [3.8, 4) is 5.75 Å². The Morgan fingerprint density at radius 2 is 1.94 bits per heavy atom. The van der Waals surface area contributed by atoms with Crippen LogP contribution in [0.15, 0.2) is 24.3 Å². The molecule has 0 saturated heterocycles. The van der Waals surface area contributed by atoms with Crippen LogP contribution in [0.25, 0.3) is 0 Å². The highest BCUT2D eigenvalue weighted by Gasteiger charge is 2.04. The third-order valence-electron chi connectivity index (χ3n) is 2.58. The van der Waals surface area contributed by atoms with Gasteiger partial charge < -0.3 is 20.1 Å². The van der Waals surface area contributed by atoms with E-state index in [1.54, 1.807) is 0 Å². The van der Waals surface area contributed by atoms with Gasteiger partial charge in [-0.2, -0.15) is 0 Å². The number of nitrogens with zero attached hydrogens (tertiary/aromatic N) is 1. The minimum absolute atomic E-state index is 0.317. The maximum absolute atomic E-state index is 9.73. The molecule has 0 aromatic heterocycles. The summed E-state index contributed by atoms with van der Waals surface area (Å²) in [6.45, 7) is 4.74. The molecule has 0 radical (unpaired) electrons. The number of rotatable bonds is 8. The molecule has 1 unspecified atom stereocenters. The van der Waals surface area contributed by atoms with Gasteiger partial charge in [-0.05, 0) is 33.2 Å². The summed E-state index contributed by atoms with van der Waals surface area (Å²) in [4.78, 5) is 2.10. The fraction of sp³-hybridized carbons (Fsp3) is 0.571. The third-order valence-corrected chi connectivity index (χ3v) is 2.58. The molecule has 102 valence electrons. The Labute approximate surface area is 110 Å². The van der Waals surface area contributed by atoms with Crippen molar-refractivity contribution in [2.75, 3.05) is 40.3 Å². The van der Waals surface area contributed by atoms with Crippen LogP contribution >= 0.6 is 0 Å². The Kier molecular flexibility index (Phi) is 6.72. The van der Waals surface area contributed by atoms with Crippen molar-refractivity contribution in [2.45, 2.75) is 13.0 Å². The molecule has 1 rings (SSSR count). The van der Waals surface area contributed by atoms with Crippen LogP contribution < -0.4 is 10.1 Å². The van der Waals surface area contributed by atoms with Crippen molar-refractivity contribution >= 4 is 0 Å². The molecule has 0 saturated carbocycles. The van der Waals surface area contributed by atoms with Crippen LogP contribution in [0, 0.1) is 6.92 Å². The Morgan fingerprint density at radius 3 is 2.56 bits per heavy atom. The lowest BCUT2D eigenvalue weighted by molar-refractivity contribution is 0.106. The number of aryl methyl sites for hydroxylation is 1. The summed E-state index contributed by atoms with van der Waals surface area (Å²) in [5.41, 5.74) is 1.20. The van der Waals surface area contributed by atoms with Gasteiger partial charge in [0, 0.05) is 19.6 Å². The van der Waals surface area contributed by atoms with E-state index in [1.165, 1.54) is 5.56 Å². The zero-order valence-corrected chi connectivity index (χ0v) is 11.5. The molecule has 1 aromatic carbocycles. The maximum atomic E-state index is 9.73. The lowest BCUT2D eigenvalue weighted by atomic mass is 10.2. The van der Waals surface area contributed by atoms with E-state index in [2.05, 4.69) is 10.2 Å². The first kappa shape index (κ1) is 15.0. The largest absolute Gasteiger partial charge is 0.491 e. The molecule has 0 fully saturated rings. The number of hydrogen-bond acceptors (Lipinski definition) is 4. The average Bonchev–Trinajstić information content (AvgIpc) is 2.34. The molecule has 0 spiro atoms. The van der Waals surface area contributed by atoms with Gasteiger partial charge in [0.05, 0.1) is 0 Å². The van der Waals surface area contributed by atoms with Crippen LogP contribution in [-0.4, -0.2) is 56.4 Å². The average molecular weight is 252 g/mol. The minimum atomic E-state index is -0.478. The van der Waals surface area contributed by atoms with E-state index in [0.29, 0.717) is 13.2 Å². The van der Waals surface area contributed by atoms with Crippen molar-refractivity contribution in [2.24, 2.45) is 0 Å². The third kappa shape index (κ3) is 6.59. The summed E-state index contributed by atoms with van der Waals surface area (Å²) in [7, 11) is 4.05. The molecular weight excluding hydrogens is 228 g/mol. The topological polar surface area (TPSA) is 44.7 Å². The summed E-state index contributed by atoms with van der Waals surface area (Å²) in [5.74, 6) is 0.799. The molecule has 0 aliphatic carbocycles. The molecule has 4 heteroatoms. The van der Waals surface area contributed by atoms with Gasteiger partial charge >= 0.3 is 0 Å². The van der Waals surface area contributed by atoms with Crippen LogP contribution in [0.5, 0.6) is 5.75 Å². The SMILES string of the molecule is Cc1ccc(OCC(O)CNCCN(C)C)cc1. The van der Waals surface area contributed by atoms with Crippen LogP contribution in [0.1, 0.15) is 5.56 Å². The summed E-state index contributed by atoms with van der Waals surface area (Å²) in [6, 6.07) is 7.83. The van der Waals surface area contributed by atoms with Gasteiger partial charge in [0.2, 0.25) is 0 Å². The Hall–Kier alpha value is -1.10. The van der Waals surface area contributed by atoms with Gasteiger partial charge in [0.25, 0.3) is 0 Å². The minimum Gasteiger partial charge on any atom is -0.491 e. The van der Waals surface area contributed by atoms with E-state index in [0.717, 1.165) is 18.8 Å². The van der Waals surface area contributed by atoms with E-state index in [1.807, 2.05) is 45.3 Å². The number of benzene rings is 1. The molecule has 0 amide bonds. The van der Waals surface area contributed by atoms with Crippen molar-refractivity contribution in [3.63, 3.8) is 0 Å². The molecule has 18 heavy (non-hydrogen) atoms. The van der Waals surface area contributed by atoms with E-state index in [9.17, 15) is 5.11 Å². The monoisotopic (exact) mass is 252 g/mol.